The molecular weight excluding hydrogens is 374 g/mol. The predicted octanol–water partition coefficient (Wildman–Crippen LogP) is 2.83. The lowest BCUT2D eigenvalue weighted by Gasteiger charge is -2.14. The van der Waals surface area contributed by atoms with Gasteiger partial charge in [-0.1, -0.05) is 23.7 Å². The summed E-state index contributed by atoms with van der Waals surface area (Å²) in [5.74, 6) is 0.504. The maximum Gasteiger partial charge on any atom is 0.258 e. The Morgan fingerprint density at radius 1 is 1.19 bits per heavy atom. The molecule has 0 unspecified atom stereocenters. The number of halogens is 1. The average molecular weight is 392 g/mol. The Balaban J connectivity index is 1.76. The van der Waals surface area contributed by atoms with E-state index in [9.17, 15) is 13.2 Å². The minimum atomic E-state index is -3.21. The highest BCUT2D eigenvalue weighted by molar-refractivity contribution is 7.90. The smallest absolute Gasteiger partial charge is 0.258 e. The van der Waals surface area contributed by atoms with Crippen LogP contribution in [0.1, 0.15) is 24.4 Å². The first-order valence-electron chi connectivity index (χ1n) is 7.96. The predicted molar refractivity (Wildman–Crippen MR) is 102 cm³/mol. The van der Waals surface area contributed by atoms with E-state index in [1.807, 2.05) is 6.92 Å². The molecule has 1 heterocycles. The summed E-state index contributed by atoms with van der Waals surface area (Å²) in [7, 11) is -3.21. The monoisotopic (exact) mass is 391 g/mol. The third kappa shape index (κ3) is 4.12. The van der Waals surface area contributed by atoms with E-state index in [-0.39, 0.29) is 16.5 Å². The van der Waals surface area contributed by atoms with E-state index in [0.717, 1.165) is 5.56 Å². The lowest BCUT2D eigenvalue weighted by Crippen LogP contribution is -2.22. The minimum Gasteiger partial charge on any atom is -0.309 e. The topological polar surface area (TPSA) is 91.9 Å². The average Bonchev–Trinajstić information content (AvgIpc) is 2.58. The van der Waals surface area contributed by atoms with Crippen molar-refractivity contribution in [3.63, 3.8) is 0 Å². The second-order valence-electron chi connectivity index (χ2n) is 6.12. The van der Waals surface area contributed by atoms with Crippen LogP contribution in [0, 0.1) is 0 Å². The molecule has 0 bridgehead atoms. The molecule has 0 radical (unpaired) electrons. The first kappa shape index (κ1) is 18.6. The van der Waals surface area contributed by atoms with Crippen molar-refractivity contribution in [1.82, 2.24) is 15.3 Å². The Hall–Kier alpha value is -2.22. The van der Waals surface area contributed by atoms with E-state index in [1.54, 1.807) is 42.5 Å². The molecule has 0 fully saturated rings. The summed E-state index contributed by atoms with van der Waals surface area (Å²) < 4.78 is 23.0. The van der Waals surface area contributed by atoms with Crippen LogP contribution < -0.4 is 10.9 Å². The summed E-state index contributed by atoms with van der Waals surface area (Å²) in [6, 6.07) is 11.6. The van der Waals surface area contributed by atoms with Gasteiger partial charge in [0.25, 0.3) is 5.56 Å². The van der Waals surface area contributed by atoms with Gasteiger partial charge in [0, 0.05) is 17.3 Å². The Morgan fingerprint density at radius 3 is 2.54 bits per heavy atom. The molecule has 0 saturated carbocycles. The summed E-state index contributed by atoms with van der Waals surface area (Å²) in [6.45, 7) is 2.30. The highest BCUT2D eigenvalue weighted by atomic mass is 35.5. The normalized spacial score (nSPS) is 13.0. The van der Waals surface area contributed by atoms with Gasteiger partial charge >= 0.3 is 0 Å². The molecule has 3 rings (SSSR count). The van der Waals surface area contributed by atoms with Gasteiger partial charge in [-0.05, 0) is 42.8 Å². The van der Waals surface area contributed by atoms with Gasteiger partial charge in [-0.15, -0.1) is 0 Å². The highest BCUT2D eigenvalue weighted by Gasteiger charge is 2.10. The van der Waals surface area contributed by atoms with Gasteiger partial charge in [-0.2, -0.15) is 0 Å². The van der Waals surface area contributed by atoms with Crippen molar-refractivity contribution in [2.45, 2.75) is 24.4 Å². The molecule has 26 heavy (non-hydrogen) atoms. The number of hydrogen-bond donors (Lipinski definition) is 2. The van der Waals surface area contributed by atoms with Crippen LogP contribution in [0.4, 0.5) is 0 Å². The first-order valence-corrected chi connectivity index (χ1v) is 10.2. The number of nitrogens with one attached hydrogen (secondary N) is 2. The van der Waals surface area contributed by atoms with Crippen LogP contribution >= 0.6 is 11.6 Å². The van der Waals surface area contributed by atoms with Crippen LogP contribution in [0.3, 0.4) is 0 Å². The van der Waals surface area contributed by atoms with Crippen LogP contribution in [0.5, 0.6) is 0 Å². The molecule has 0 amide bonds. The third-order valence-corrected chi connectivity index (χ3v) is 5.47. The number of rotatable bonds is 5. The molecule has 3 aromatic rings. The summed E-state index contributed by atoms with van der Waals surface area (Å²) in [6.07, 6.45) is 1.18. The van der Waals surface area contributed by atoms with Gasteiger partial charge in [-0.25, -0.2) is 13.4 Å². The second-order valence-corrected chi connectivity index (χ2v) is 8.57. The molecule has 2 aromatic carbocycles. The molecule has 0 aliphatic rings. The summed E-state index contributed by atoms with van der Waals surface area (Å²) >= 11 is 5.97. The number of H-pyrrole nitrogens is 1. The number of hydrogen-bond acceptors (Lipinski definition) is 5. The van der Waals surface area contributed by atoms with Crippen molar-refractivity contribution in [3.8, 4) is 0 Å². The first-order chi connectivity index (χ1) is 12.2. The Morgan fingerprint density at radius 2 is 1.88 bits per heavy atom. The van der Waals surface area contributed by atoms with Gasteiger partial charge in [0.1, 0.15) is 5.82 Å². The van der Waals surface area contributed by atoms with E-state index in [0.29, 0.717) is 28.3 Å². The van der Waals surface area contributed by atoms with Crippen molar-refractivity contribution < 1.29 is 8.42 Å². The van der Waals surface area contributed by atoms with Crippen molar-refractivity contribution in [1.29, 1.82) is 0 Å². The number of fused-ring (bicyclic) bond motifs is 1. The van der Waals surface area contributed by atoms with Crippen LogP contribution in [-0.4, -0.2) is 24.6 Å². The molecule has 8 heteroatoms. The van der Waals surface area contributed by atoms with Crippen molar-refractivity contribution in [2.75, 3.05) is 6.26 Å². The fourth-order valence-electron chi connectivity index (χ4n) is 2.62. The molecule has 0 saturated heterocycles. The standard InChI is InChI=1S/C18H18ClN3O3S/c1-11(12-3-6-14(7-4-12)26(2,24)25)20-10-17-21-16-9-13(19)5-8-15(16)18(23)22-17/h3-9,11,20H,10H2,1-2H3,(H,21,22,23)/t11-/m1/s1. The molecule has 136 valence electrons. The Bertz CT molecular complexity index is 1110. The zero-order chi connectivity index (χ0) is 18.9. The fraction of sp³-hybridized carbons (Fsp3) is 0.222. The third-order valence-electron chi connectivity index (χ3n) is 4.10. The maximum absolute atomic E-state index is 12.1. The minimum absolute atomic E-state index is 0.0519. The number of aromatic nitrogens is 2. The number of benzene rings is 2. The van der Waals surface area contributed by atoms with Crippen LogP contribution in [0.15, 0.2) is 52.2 Å². The van der Waals surface area contributed by atoms with Crippen LogP contribution in [-0.2, 0) is 16.4 Å². The number of sulfone groups is 1. The van der Waals surface area contributed by atoms with E-state index in [2.05, 4.69) is 15.3 Å². The molecule has 0 aliphatic carbocycles. The molecule has 2 N–H and O–H groups in total. The van der Waals surface area contributed by atoms with Gasteiger partial charge in [0.05, 0.1) is 22.3 Å². The molecular formula is C18H18ClN3O3S. The van der Waals surface area contributed by atoms with Crippen molar-refractivity contribution in [2.24, 2.45) is 0 Å². The molecule has 1 atom stereocenters. The molecule has 1 aromatic heterocycles. The van der Waals surface area contributed by atoms with Gasteiger partial charge in [-0.3, -0.25) is 4.79 Å². The van der Waals surface area contributed by atoms with Crippen LogP contribution in [0.25, 0.3) is 10.9 Å². The zero-order valence-corrected chi connectivity index (χ0v) is 15.9. The SMILES string of the molecule is C[C@@H](NCc1nc2cc(Cl)ccc2c(=O)[nH]1)c1ccc(S(C)(=O)=O)cc1. The number of nitrogens with zero attached hydrogens (tertiary/aromatic N) is 1. The number of aromatic amines is 1. The lowest BCUT2D eigenvalue weighted by atomic mass is 10.1. The van der Waals surface area contributed by atoms with Gasteiger partial charge < -0.3 is 10.3 Å². The summed E-state index contributed by atoms with van der Waals surface area (Å²) in [5.41, 5.74) is 1.26. The van der Waals surface area contributed by atoms with E-state index in [1.165, 1.54) is 6.26 Å². The molecule has 6 nitrogen and oxygen atoms in total. The van der Waals surface area contributed by atoms with E-state index < -0.39 is 9.84 Å². The van der Waals surface area contributed by atoms with E-state index >= 15 is 0 Å². The zero-order valence-electron chi connectivity index (χ0n) is 14.3. The Kier molecular flexibility index (Phi) is 5.13. The summed E-state index contributed by atoms with van der Waals surface area (Å²) in [4.78, 5) is 19.6. The summed E-state index contributed by atoms with van der Waals surface area (Å²) in [5, 5.41) is 4.28. The van der Waals surface area contributed by atoms with Crippen LogP contribution in [0.2, 0.25) is 5.02 Å². The molecule has 0 aliphatic heterocycles. The van der Waals surface area contributed by atoms with E-state index in [4.69, 9.17) is 11.6 Å². The van der Waals surface area contributed by atoms with Gasteiger partial charge in [0.2, 0.25) is 0 Å². The van der Waals surface area contributed by atoms with Crippen molar-refractivity contribution >= 4 is 32.3 Å². The second kappa shape index (κ2) is 7.19. The quantitative estimate of drug-likeness (QED) is 0.697. The highest BCUT2D eigenvalue weighted by Crippen LogP contribution is 2.17. The lowest BCUT2D eigenvalue weighted by molar-refractivity contribution is 0.559. The Labute approximate surface area is 156 Å². The van der Waals surface area contributed by atoms with Crippen molar-refractivity contribution in [3.05, 3.63) is 69.2 Å². The fourth-order valence-corrected chi connectivity index (χ4v) is 3.41. The van der Waals surface area contributed by atoms with Gasteiger partial charge in [0.15, 0.2) is 9.84 Å². The maximum atomic E-state index is 12.1. The molecule has 0 spiro atoms. The largest absolute Gasteiger partial charge is 0.309 e.